The van der Waals surface area contributed by atoms with Gasteiger partial charge in [-0.15, -0.1) is 0 Å². The number of ether oxygens (including phenoxy) is 1. The SMILES string of the molecule is Cc1ccc(S(=O)(=O)N2C=C(c3ccccc3)N3c4ccccc4C=CC3/C2=C\C(=O)Oc2ccc3ccccc3c2)cc1. The van der Waals surface area contributed by atoms with Gasteiger partial charge in [0.25, 0.3) is 10.0 Å². The van der Waals surface area contributed by atoms with Crippen molar-refractivity contribution in [2.75, 3.05) is 4.90 Å². The summed E-state index contributed by atoms with van der Waals surface area (Å²) in [6.07, 6.45) is 6.77. The number of aryl methyl sites for hydroxylation is 1. The summed E-state index contributed by atoms with van der Waals surface area (Å²) >= 11 is 0. The summed E-state index contributed by atoms with van der Waals surface area (Å²) < 4.78 is 35.7. The molecule has 44 heavy (non-hydrogen) atoms. The van der Waals surface area contributed by atoms with Gasteiger partial charge in [-0.1, -0.05) is 109 Å². The quantitative estimate of drug-likeness (QED) is 0.119. The van der Waals surface area contributed by atoms with Crippen LogP contribution in [0.15, 0.2) is 150 Å². The van der Waals surface area contributed by atoms with E-state index in [1.54, 1.807) is 42.6 Å². The predicted molar refractivity (Wildman–Crippen MR) is 174 cm³/mol. The third kappa shape index (κ3) is 4.97. The Hall–Kier alpha value is -5.40. The fourth-order valence-electron chi connectivity index (χ4n) is 5.67. The molecule has 7 heteroatoms. The third-order valence-electron chi connectivity index (χ3n) is 7.84. The second-order valence-electron chi connectivity index (χ2n) is 10.7. The second-order valence-corrected chi connectivity index (χ2v) is 12.5. The summed E-state index contributed by atoms with van der Waals surface area (Å²) in [5, 5.41) is 1.95. The molecule has 7 rings (SSSR count). The van der Waals surface area contributed by atoms with E-state index in [1.807, 2.05) is 104 Å². The standard InChI is InChI=1S/C37H28N2O4S/c1-26-15-20-32(21-16-26)44(41,42)38-25-36(28-10-3-2-4-11-28)39-33-14-8-7-12-29(33)18-22-34(39)35(38)24-37(40)43-31-19-17-27-9-5-6-13-30(27)23-31/h2-25,34H,1H3/b35-24+. The predicted octanol–water partition coefficient (Wildman–Crippen LogP) is 7.54. The smallest absolute Gasteiger partial charge is 0.338 e. The summed E-state index contributed by atoms with van der Waals surface area (Å²) in [6.45, 7) is 1.90. The lowest BCUT2D eigenvalue weighted by molar-refractivity contribution is -0.129. The van der Waals surface area contributed by atoms with Crippen LogP contribution in [0.5, 0.6) is 5.75 Å². The Morgan fingerprint density at radius 2 is 1.50 bits per heavy atom. The Morgan fingerprint density at radius 1 is 0.795 bits per heavy atom. The van der Waals surface area contributed by atoms with Crippen LogP contribution >= 0.6 is 0 Å². The van der Waals surface area contributed by atoms with Crippen molar-refractivity contribution in [1.82, 2.24) is 4.31 Å². The van der Waals surface area contributed by atoms with E-state index in [0.717, 1.165) is 33.2 Å². The van der Waals surface area contributed by atoms with Crippen molar-refractivity contribution in [3.05, 3.63) is 162 Å². The van der Waals surface area contributed by atoms with Crippen LogP contribution < -0.4 is 9.64 Å². The zero-order valence-corrected chi connectivity index (χ0v) is 24.7. The highest BCUT2D eigenvalue weighted by molar-refractivity contribution is 7.89. The second kappa shape index (κ2) is 11.0. The molecule has 216 valence electrons. The molecule has 0 aromatic heterocycles. The molecule has 0 saturated carbocycles. The van der Waals surface area contributed by atoms with Crippen molar-refractivity contribution in [1.29, 1.82) is 0 Å². The van der Waals surface area contributed by atoms with Gasteiger partial charge in [-0.3, -0.25) is 0 Å². The lowest BCUT2D eigenvalue weighted by atomic mass is 9.96. The van der Waals surface area contributed by atoms with Crippen molar-refractivity contribution < 1.29 is 17.9 Å². The first-order chi connectivity index (χ1) is 21.4. The average Bonchev–Trinajstić information content (AvgIpc) is 3.05. The molecule has 1 unspecified atom stereocenters. The molecule has 0 aliphatic carbocycles. The van der Waals surface area contributed by atoms with Crippen LogP contribution in [0.25, 0.3) is 22.5 Å². The molecule has 5 aromatic rings. The molecule has 2 heterocycles. The number of sulfonamides is 1. The first kappa shape index (κ1) is 27.4. The molecule has 0 amide bonds. The van der Waals surface area contributed by atoms with E-state index >= 15 is 0 Å². The molecule has 0 spiro atoms. The average molecular weight is 597 g/mol. The number of carbonyl (C=O) groups excluding carboxylic acids is 1. The van der Waals surface area contributed by atoms with Crippen molar-refractivity contribution in [3.63, 3.8) is 0 Å². The van der Waals surface area contributed by atoms with Gasteiger partial charge in [-0.25, -0.2) is 17.5 Å². The summed E-state index contributed by atoms with van der Waals surface area (Å²) in [6, 6.07) is 36.9. The van der Waals surface area contributed by atoms with Gasteiger partial charge in [0.1, 0.15) is 5.75 Å². The highest BCUT2D eigenvalue weighted by Gasteiger charge is 2.40. The fraction of sp³-hybridized carbons (Fsp3) is 0.0541. The molecule has 1 atom stereocenters. The van der Waals surface area contributed by atoms with Crippen LogP contribution in [0.2, 0.25) is 0 Å². The van der Waals surface area contributed by atoms with Crippen molar-refractivity contribution in [2.45, 2.75) is 17.9 Å². The van der Waals surface area contributed by atoms with Gasteiger partial charge in [0.05, 0.1) is 22.3 Å². The minimum Gasteiger partial charge on any atom is -0.423 e. The maximum absolute atomic E-state index is 14.3. The van der Waals surface area contributed by atoms with Crippen LogP contribution in [-0.4, -0.2) is 24.7 Å². The number of anilines is 1. The van der Waals surface area contributed by atoms with Gasteiger partial charge in [0.2, 0.25) is 0 Å². The van der Waals surface area contributed by atoms with Gasteiger partial charge in [0, 0.05) is 18.0 Å². The van der Waals surface area contributed by atoms with Crippen LogP contribution in [0.1, 0.15) is 16.7 Å². The number of para-hydroxylation sites is 1. The van der Waals surface area contributed by atoms with Gasteiger partial charge in [-0.2, -0.15) is 0 Å². The number of esters is 1. The normalized spacial score (nSPS) is 16.8. The lowest BCUT2D eigenvalue weighted by Crippen LogP contribution is -2.47. The number of carbonyl (C=O) groups is 1. The van der Waals surface area contributed by atoms with E-state index < -0.39 is 22.0 Å². The summed E-state index contributed by atoms with van der Waals surface area (Å²) in [7, 11) is -4.12. The molecule has 2 aliphatic rings. The monoisotopic (exact) mass is 596 g/mol. The Labute approximate surface area is 256 Å². The van der Waals surface area contributed by atoms with E-state index in [-0.39, 0.29) is 10.6 Å². The zero-order valence-electron chi connectivity index (χ0n) is 23.9. The highest BCUT2D eigenvalue weighted by atomic mass is 32.2. The minimum atomic E-state index is -4.12. The third-order valence-corrected chi connectivity index (χ3v) is 9.54. The molecule has 0 fully saturated rings. The molecular weight excluding hydrogens is 568 g/mol. The van der Waals surface area contributed by atoms with Gasteiger partial charge in [0.15, 0.2) is 0 Å². The molecule has 0 saturated heterocycles. The number of hydrogen-bond donors (Lipinski definition) is 0. The molecule has 0 N–H and O–H groups in total. The number of benzene rings is 5. The Morgan fingerprint density at radius 3 is 2.30 bits per heavy atom. The van der Waals surface area contributed by atoms with E-state index in [1.165, 1.54) is 10.4 Å². The maximum Gasteiger partial charge on any atom is 0.338 e. The summed E-state index contributed by atoms with van der Waals surface area (Å²) in [5.74, 6) is -0.306. The van der Waals surface area contributed by atoms with Crippen LogP contribution in [0, 0.1) is 6.92 Å². The number of rotatable bonds is 5. The van der Waals surface area contributed by atoms with Gasteiger partial charge in [-0.05, 0) is 59.2 Å². The molecule has 2 aliphatic heterocycles. The lowest BCUT2D eigenvalue weighted by Gasteiger charge is -2.45. The van der Waals surface area contributed by atoms with E-state index in [2.05, 4.69) is 4.90 Å². The zero-order chi connectivity index (χ0) is 30.3. The maximum atomic E-state index is 14.3. The Balaban J connectivity index is 1.39. The molecule has 5 aromatic carbocycles. The van der Waals surface area contributed by atoms with E-state index in [0.29, 0.717) is 11.4 Å². The van der Waals surface area contributed by atoms with E-state index in [4.69, 9.17) is 4.74 Å². The minimum absolute atomic E-state index is 0.120. The van der Waals surface area contributed by atoms with E-state index in [9.17, 15) is 13.2 Å². The summed E-state index contributed by atoms with van der Waals surface area (Å²) in [5.41, 5.74) is 4.60. The fourth-order valence-corrected chi connectivity index (χ4v) is 7.05. The van der Waals surface area contributed by atoms with Crippen molar-refractivity contribution in [3.8, 4) is 5.75 Å². The van der Waals surface area contributed by atoms with Crippen LogP contribution in [0.4, 0.5) is 5.69 Å². The van der Waals surface area contributed by atoms with Gasteiger partial charge < -0.3 is 9.64 Å². The number of nitrogens with zero attached hydrogens (tertiary/aromatic N) is 2. The number of hydrogen-bond acceptors (Lipinski definition) is 5. The van der Waals surface area contributed by atoms with Crippen LogP contribution in [0.3, 0.4) is 0 Å². The van der Waals surface area contributed by atoms with Gasteiger partial charge >= 0.3 is 5.97 Å². The highest BCUT2D eigenvalue weighted by Crippen LogP contribution is 2.43. The topological polar surface area (TPSA) is 66.9 Å². The number of fused-ring (bicyclic) bond motifs is 4. The molecule has 6 nitrogen and oxygen atoms in total. The van der Waals surface area contributed by atoms with Crippen molar-refractivity contribution in [2.24, 2.45) is 0 Å². The first-order valence-electron chi connectivity index (χ1n) is 14.3. The van der Waals surface area contributed by atoms with Crippen LogP contribution in [-0.2, 0) is 14.8 Å². The Kier molecular flexibility index (Phi) is 6.87. The Bertz CT molecular complexity index is 2100. The summed E-state index contributed by atoms with van der Waals surface area (Å²) in [4.78, 5) is 15.7. The molecule has 0 bridgehead atoms. The largest absolute Gasteiger partial charge is 0.423 e. The molecular formula is C37H28N2O4S. The first-order valence-corrected chi connectivity index (χ1v) is 15.7. The van der Waals surface area contributed by atoms with Crippen molar-refractivity contribution >= 4 is 44.2 Å². The molecule has 0 radical (unpaired) electrons.